The van der Waals surface area contributed by atoms with Crippen LogP contribution in [0.15, 0.2) is 36.4 Å². The zero-order valence-electron chi connectivity index (χ0n) is 16.9. The number of nitrogens with zero attached hydrogens (tertiary/aromatic N) is 2. The Labute approximate surface area is 174 Å². The number of aryl methyl sites for hydroxylation is 2. The number of benzene rings is 2. The van der Waals surface area contributed by atoms with Gasteiger partial charge in [0.1, 0.15) is 0 Å². The molecule has 0 bridgehead atoms. The van der Waals surface area contributed by atoms with Gasteiger partial charge in [-0.15, -0.1) is 0 Å². The number of ketones is 1. The minimum Gasteiger partial charge on any atom is -0.376 e. The molecule has 1 unspecified atom stereocenters. The highest BCUT2D eigenvalue weighted by molar-refractivity contribution is 7.22. The summed E-state index contributed by atoms with van der Waals surface area (Å²) in [5.41, 5.74) is 4.34. The van der Waals surface area contributed by atoms with Crippen LogP contribution in [0.1, 0.15) is 51.6 Å². The van der Waals surface area contributed by atoms with Gasteiger partial charge in [0.25, 0.3) is 5.91 Å². The van der Waals surface area contributed by atoms with E-state index in [1.807, 2.05) is 6.92 Å². The van der Waals surface area contributed by atoms with Gasteiger partial charge in [-0.3, -0.25) is 14.5 Å². The second kappa shape index (κ2) is 8.05. The van der Waals surface area contributed by atoms with Gasteiger partial charge in [0.05, 0.1) is 22.9 Å². The molecule has 0 aliphatic carbocycles. The Bertz CT molecular complexity index is 1030. The second-order valence-electron chi connectivity index (χ2n) is 7.56. The number of Topliss-reactive ketones (excluding diaryl/α,β-unsaturated/α-hetero) is 1. The van der Waals surface area contributed by atoms with E-state index in [1.165, 1.54) is 6.92 Å². The molecule has 0 saturated carbocycles. The molecule has 1 fully saturated rings. The Kier molecular flexibility index (Phi) is 5.48. The van der Waals surface area contributed by atoms with Crippen LogP contribution in [0.2, 0.25) is 0 Å². The van der Waals surface area contributed by atoms with E-state index >= 15 is 0 Å². The lowest BCUT2D eigenvalue weighted by Crippen LogP contribution is -2.37. The van der Waals surface area contributed by atoms with Crippen LogP contribution in [0, 0.1) is 13.8 Å². The van der Waals surface area contributed by atoms with E-state index in [0.29, 0.717) is 22.8 Å². The Morgan fingerprint density at radius 1 is 1.10 bits per heavy atom. The smallest absolute Gasteiger partial charge is 0.260 e. The molecule has 1 atom stereocenters. The molecule has 29 heavy (non-hydrogen) atoms. The van der Waals surface area contributed by atoms with Crippen LogP contribution >= 0.6 is 11.3 Å². The Morgan fingerprint density at radius 3 is 2.41 bits per heavy atom. The standard InChI is InChI=1S/C23H24N2O3S/c1-14-6-7-15(2)21-20(14)24-23(29-21)25(13-19-5-4-12-28-19)22(27)18-10-8-17(9-11-18)16(3)26/h6-11,19H,4-5,12-13H2,1-3H3. The van der Waals surface area contributed by atoms with Crippen molar-refractivity contribution in [3.05, 3.63) is 58.7 Å². The number of amides is 1. The first kappa shape index (κ1) is 19.7. The summed E-state index contributed by atoms with van der Waals surface area (Å²) in [6, 6.07) is 11.0. The van der Waals surface area contributed by atoms with Crippen molar-refractivity contribution in [2.75, 3.05) is 18.1 Å². The molecule has 1 aliphatic rings. The topological polar surface area (TPSA) is 59.5 Å². The van der Waals surface area contributed by atoms with Gasteiger partial charge in [-0.1, -0.05) is 35.6 Å². The minimum absolute atomic E-state index is 0.0164. The van der Waals surface area contributed by atoms with Crippen molar-refractivity contribution >= 4 is 38.4 Å². The molecule has 5 nitrogen and oxygen atoms in total. The molecule has 150 valence electrons. The van der Waals surface area contributed by atoms with Crippen molar-refractivity contribution in [2.45, 2.75) is 39.7 Å². The molecule has 4 rings (SSSR count). The summed E-state index contributed by atoms with van der Waals surface area (Å²) in [5.74, 6) is -0.137. The quantitative estimate of drug-likeness (QED) is 0.561. The van der Waals surface area contributed by atoms with Gasteiger partial charge in [-0.05, 0) is 56.9 Å². The largest absolute Gasteiger partial charge is 0.376 e. The summed E-state index contributed by atoms with van der Waals surface area (Å²) >= 11 is 1.54. The third-order valence-corrected chi connectivity index (χ3v) is 6.57. The zero-order chi connectivity index (χ0) is 20.5. The molecule has 0 N–H and O–H groups in total. The number of thiazole rings is 1. The number of carbonyl (C=O) groups excluding carboxylic acids is 2. The molecule has 1 amide bonds. The molecule has 3 aromatic rings. The van der Waals surface area contributed by atoms with Crippen molar-refractivity contribution in [2.24, 2.45) is 0 Å². The Morgan fingerprint density at radius 2 is 1.79 bits per heavy atom. The summed E-state index contributed by atoms with van der Waals surface area (Å²) < 4.78 is 6.91. The molecule has 1 aromatic heterocycles. The maximum atomic E-state index is 13.4. The summed E-state index contributed by atoms with van der Waals surface area (Å²) in [7, 11) is 0. The number of hydrogen-bond donors (Lipinski definition) is 0. The number of ether oxygens (including phenoxy) is 1. The number of fused-ring (bicyclic) bond motifs is 1. The van der Waals surface area contributed by atoms with Gasteiger partial charge in [-0.2, -0.15) is 0 Å². The highest BCUT2D eigenvalue weighted by atomic mass is 32.1. The van der Waals surface area contributed by atoms with E-state index in [2.05, 4.69) is 19.1 Å². The fourth-order valence-corrected chi connectivity index (χ4v) is 4.73. The van der Waals surface area contributed by atoms with E-state index in [-0.39, 0.29) is 17.8 Å². The van der Waals surface area contributed by atoms with Crippen molar-refractivity contribution < 1.29 is 14.3 Å². The van der Waals surface area contributed by atoms with Crippen LogP contribution in [0.4, 0.5) is 5.13 Å². The van der Waals surface area contributed by atoms with Gasteiger partial charge in [-0.25, -0.2) is 4.98 Å². The fourth-order valence-electron chi connectivity index (χ4n) is 3.61. The summed E-state index contributed by atoms with van der Waals surface area (Å²) in [6.45, 7) is 6.84. The van der Waals surface area contributed by atoms with E-state index < -0.39 is 0 Å². The monoisotopic (exact) mass is 408 g/mol. The highest BCUT2D eigenvalue weighted by Crippen LogP contribution is 2.34. The highest BCUT2D eigenvalue weighted by Gasteiger charge is 2.27. The number of carbonyl (C=O) groups is 2. The number of rotatable bonds is 5. The average molecular weight is 409 g/mol. The number of anilines is 1. The van der Waals surface area contributed by atoms with Gasteiger partial charge < -0.3 is 4.74 Å². The lowest BCUT2D eigenvalue weighted by atomic mass is 10.1. The normalized spacial score (nSPS) is 16.3. The first-order chi connectivity index (χ1) is 13.9. The minimum atomic E-state index is -0.120. The number of aromatic nitrogens is 1. The fraction of sp³-hybridized carbons (Fsp3) is 0.348. The third kappa shape index (κ3) is 3.95. The predicted molar refractivity (Wildman–Crippen MR) is 116 cm³/mol. The third-order valence-electron chi connectivity index (χ3n) is 5.36. The first-order valence-corrected chi connectivity index (χ1v) is 10.7. The second-order valence-corrected chi connectivity index (χ2v) is 8.54. The van der Waals surface area contributed by atoms with Crippen molar-refractivity contribution in [3.8, 4) is 0 Å². The van der Waals surface area contributed by atoms with Crippen LogP contribution in [-0.2, 0) is 4.74 Å². The van der Waals surface area contributed by atoms with Crippen LogP contribution in [0.5, 0.6) is 0 Å². The molecule has 0 radical (unpaired) electrons. The SMILES string of the molecule is CC(=O)c1ccc(C(=O)N(CC2CCCO2)c2nc3c(C)ccc(C)c3s2)cc1. The van der Waals surface area contributed by atoms with Crippen LogP contribution in [0.3, 0.4) is 0 Å². The average Bonchev–Trinajstić information content (AvgIpc) is 3.39. The van der Waals surface area contributed by atoms with Crippen LogP contribution < -0.4 is 4.90 Å². The Hall–Kier alpha value is -2.57. The molecule has 0 spiro atoms. The van der Waals surface area contributed by atoms with E-state index in [1.54, 1.807) is 40.5 Å². The van der Waals surface area contributed by atoms with Crippen molar-refractivity contribution in [1.29, 1.82) is 0 Å². The number of hydrogen-bond acceptors (Lipinski definition) is 5. The zero-order valence-corrected chi connectivity index (χ0v) is 17.7. The van der Waals surface area contributed by atoms with Gasteiger partial charge >= 0.3 is 0 Å². The van der Waals surface area contributed by atoms with Gasteiger partial charge in [0, 0.05) is 17.7 Å². The van der Waals surface area contributed by atoms with Crippen molar-refractivity contribution in [1.82, 2.24) is 4.98 Å². The lowest BCUT2D eigenvalue weighted by molar-refractivity contribution is 0.0916. The Balaban J connectivity index is 1.73. The first-order valence-electron chi connectivity index (χ1n) is 9.85. The lowest BCUT2D eigenvalue weighted by Gasteiger charge is -2.23. The summed E-state index contributed by atoms with van der Waals surface area (Å²) in [6.07, 6.45) is 1.97. The molecule has 1 saturated heterocycles. The maximum Gasteiger partial charge on any atom is 0.260 e. The molecule has 2 heterocycles. The van der Waals surface area contributed by atoms with E-state index in [0.717, 1.165) is 40.8 Å². The van der Waals surface area contributed by atoms with Crippen molar-refractivity contribution in [3.63, 3.8) is 0 Å². The van der Waals surface area contributed by atoms with Gasteiger partial charge in [0.2, 0.25) is 0 Å². The van der Waals surface area contributed by atoms with E-state index in [9.17, 15) is 9.59 Å². The van der Waals surface area contributed by atoms with E-state index in [4.69, 9.17) is 9.72 Å². The van der Waals surface area contributed by atoms with Crippen LogP contribution in [0.25, 0.3) is 10.2 Å². The van der Waals surface area contributed by atoms with Gasteiger partial charge in [0.15, 0.2) is 10.9 Å². The molecule has 6 heteroatoms. The predicted octanol–water partition coefficient (Wildman–Crippen LogP) is 4.94. The maximum absolute atomic E-state index is 13.4. The molecule has 1 aliphatic heterocycles. The molecule has 2 aromatic carbocycles. The summed E-state index contributed by atoms with van der Waals surface area (Å²) in [5, 5.41) is 0.688. The van der Waals surface area contributed by atoms with Crippen LogP contribution in [-0.4, -0.2) is 35.9 Å². The molecular formula is C23H24N2O3S. The summed E-state index contributed by atoms with van der Waals surface area (Å²) in [4.78, 5) is 31.5. The molecular weight excluding hydrogens is 384 g/mol.